The zero-order chi connectivity index (χ0) is 17.4. The van der Waals surface area contributed by atoms with Gasteiger partial charge in [0.15, 0.2) is 0 Å². The van der Waals surface area contributed by atoms with Gasteiger partial charge in [-0.05, 0) is 67.3 Å². The van der Waals surface area contributed by atoms with Crippen molar-refractivity contribution in [3.05, 3.63) is 53.1 Å². The number of rotatable bonds is 4. The van der Waals surface area contributed by atoms with E-state index in [0.717, 1.165) is 47.6 Å². The number of hydrogen-bond donors (Lipinski definition) is 1. The fourth-order valence-corrected chi connectivity index (χ4v) is 3.62. The van der Waals surface area contributed by atoms with Crippen LogP contribution in [-0.4, -0.2) is 25.0 Å². The molecule has 0 radical (unpaired) electrons. The van der Waals surface area contributed by atoms with Crippen LogP contribution in [0.1, 0.15) is 34.8 Å². The van der Waals surface area contributed by atoms with Crippen LogP contribution in [0, 0.1) is 0 Å². The number of nitrogens with zero attached hydrogens (tertiary/aromatic N) is 1. The van der Waals surface area contributed by atoms with E-state index in [-0.39, 0.29) is 11.8 Å². The van der Waals surface area contributed by atoms with E-state index in [0.29, 0.717) is 18.6 Å². The molecule has 2 aromatic carbocycles. The van der Waals surface area contributed by atoms with E-state index in [9.17, 15) is 9.59 Å². The number of carbonyl (C=O) groups is 2. The first kappa shape index (κ1) is 15.7. The highest BCUT2D eigenvalue weighted by Crippen LogP contribution is 2.38. The maximum absolute atomic E-state index is 12.5. The Kier molecular flexibility index (Phi) is 3.92. The lowest BCUT2D eigenvalue weighted by Gasteiger charge is -2.26. The van der Waals surface area contributed by atoms with Gasteiger partial charge in [-0.2, -0.15) is 0 Å². The molecule has 0 bridgehead atoms. The third-order valence-corrected chi connectivity index (χ3v) is 4.69. The Labute approximate surface area is 146 Å². The smallest absolute Gasteiger partial charge is 0.255 e. The number of amides is 2. The summed E-state index contributed by atoms with van der Waals surface area (Å²) in [5.74, 6) is 0.748. The largest absolute Gasteiger partial charge is 0.494 e. The van der Waals surface area contributed by atoms with Gasteiger partial charge < -0.3 is 15.0 Å². The highest BCUT2D eigenvalue weighted by Gasteiger charge is 2.32. The van der Waals surface area contributed by atoms with Crippen molar-refractivity contribution in [2.24, 2.45) is 0 Å². The van der Waals surface area contributed by atoms with Crippen molar-refractivity contribution >= 4 is 23.2 Å². The number of aryl methyl sites for hydroxylation is 1. The molecule has 25 heavy (non-hydrogen) atoms. The van der Waals surface area contributed by atoms with Crippen molar-refractivity contribution in [2.75, 3.05) is 23.4 Å². The van der Waals surface area contributed by atoms with Crippen LogP contribution in [-0.2, 0) is 17.6 Å². The Morgan fingerprint density at radius 1 is 1.20 bits per heavy atom. The zero-order valence-corrected chi connectivity index (χ0v) is 14.2. The molecule has 0 saturated heterocycles. The molecule has 0 atom stereocenters. The zero-order valence-electron chi connectivity index (χ0n) is 14.2. The van der Waals surface area contributed by atoms with Gasteiger partial charge >= 0.3 is 0 Å². The molecule has 0 aromatic heterocycles. The predicted molar refractivity (Wildman–Crippen MR) is 96.4 cm³/mol. The molecule has 0 unspecified atom stereocenters. The molecule has 0 saturated carbocycles. The molecular weight excluding hydrogens is 316 g/mol. The second-order valence-corrected chi connectivity index (χ2v) is 6.38. The lowest BCUT2D eigenvalue weighted by atomic mass is 9.99. The monoisotopic (exact) mass is 336 g/mol. The fraction of sp³-hybridized carbons (Fsp3) is 0.300. The summed E-state index contributed by atoms with van der Waals surface area (Å²) in [6.07, 6.45) is 2.34. The number of nitrogens with one attached hydrogen (secondary N) is 1. The Hall–Kier alpha value is -2.82. The first-order chi connectivity index (χ1) is 12.2. The lowest BCUT2D eigenvalue weighted by Crippen LogP contribution is -2.31. The lowest BCUT2D eigenvalue weighted by molar-refractivity contribution is -0.117. The van der Waals surface area contributed by atoms with Crippen LogP contribution in [0.4, 0.5) is 11.4 Å². The Morgan fingerprint density at radius 2 is 1.96 bits per heavy atom. The minimum absolute atomic E-state index is 0.158. The van der Waals surface area contributed by atoms with Crippen molar-refractivity contribution in [1.29, 1.82) is 0 Å². The Balaban J connectivity index is 1.56. The number of hydrogen-bond acceptors (Lipinski definition) is 3. The summed E-state index contributed by atoms with van der Waals surface area (Å²) in [5.41, 5.74) is 4.57. The van der Waals surface area contributed by atoms with Gasteiger partial charge in [0.05, 0.1) is 18.7 Å². The van der Waals surface area contributed by atoms with E-state index in [2.05, 4.69) is 5.32 Å². The van der Waals surface area contributed by atoms with Crippen LogP contribution in [0.5, 0.6) is 5.75 Å². The van der Waals surface area contributed by atoms with Crippen LogP contribution in [0.3, 0.4) is 0 Å². The molecule has 0 fully saturated rings. The van der Waals surface area contributed by atoms with Crippen molar-refractivity contribution < 1.29 is 14.3 Å². The molecule has 4 rings (SSSR count). The highest BCUT2D eigenvalue weighted by atomic mass is 16.5. The van der Waals surface area contributed by atoms with E-state index in [1.807, 2.05) is 24.0 Å². The fourth-order valence-electron chi connectivity index (χ4n) is 3.62. The summed E-state index contributed by atoms with van der Waals surface area (Å²) >= 11 is 0. The molecule has 5 nitrogen and oxygen atoms in total. The SMILES string of the molecule is CCOc1ccc(C(=O)Nc2cc3c4c(c2)CC(=O)N4CCC3)cc1. The molecule has 5 heteroatoms. The molecule has 0 aliphatic carbocycles. The quantitative estimate of drug-likeness (QED) is 0.933. The number of ether oxygens (including phenoxy) is 1. The van der Waals surface area contributed by atoms with Crippen molar-refractivity contribution in [3.8, 4) is 5.75 Å². The van der Waals surface area contributed by atoms with E-state index in [1.165, 1.54) is 0 Å². The topological polar surface area (TPSA) is 58.6 Å². The van der Waals surface area contributed by atoms with Gasteiger partial charge in [-0.15, -0.1) is 0 Å². The molecular formula is C20H20N2O3. The molecule has 2 aromatic rings. The molecule has 1 N–H and O–H groups in total. The average Bonchev–Trinajstić information content (AvgIpc) is 2.93. The van der Waals surface area contributed by atoms with Gasteiger partial charge in [0.1, 0.15) is 5.75 Å². The normalized spacial score (nSPS) is 15.1. The average molecular weight is 336 g/mol. The maximum atomic E-state index is 12.5. The number of benzene rings is 2. The molecule has 0 spiro atoms. The summed E-state index contributed by atoms with van der Waals surface area (Å²) in [7, 11) is 0. The van der Waals surface area contributed by atoms with Crippen molar-refractivity contribution in [3.63, 3.8) is 0 Å². The second-order valence-electron chi connectivity index (χ2n) is 6.38. The van der Waals surface area contributed by atoms with Crippen LogP contribution in [0.2, 0.25) is 0 Å². The van der Waals surface area contributed by atoms with Crippen molar-refractivity contribution in [1.82, 2.24) is 0 Å². The highest BCUT2D eigenvalue weighted by molar-refractivity contribution is 6.06. The van der Waals surface area contributed by atoms with E-state index < -0.39 is 0 Å². The molecule has 2 aliphatic rings. The minimum Gasteiger partial charge on any atom is -0.494 e. The van der Waals surface area contributed by atoms with Gasteiger partial charge in [-0.3, -0.25) is 9.59 Å². The molecule has 128 valence electrons. The van der Waals surface area contributed by atoms with Gasteiger partial charge in [0.2, 0.25) is 5.91 Å². The Morgan fingerprint density at radius 3 is 2.72 bits per heavy atom. The first-order valence-electron chi connectivity index (χ1n) is 8.66. The Bertz CT molecular complexity index is 843. The standard InChI is InChI=1S/C20H20N2O3/c1-2-25-17-7-5-13(6-8-17)20(24)21-16-10-14-4-3-9-22-18(23)12-15(11-16)19(14)22/h5-8,10-11H,2-4,9,12H2,1H3,(H,21,24). The third-order valence-electron chi connectivity index (χ3n) is 4.69. The van der Waals surface area contributed by atoms with E-state index in [4.69, 9.17) is 4.74 Å². The van der Waals surface area contributed by atoms with Crippen LogP contribution in [0.15, 0.2) is 36.4 Å². The van der Waals surface area contributed by atoms with Crippen LogP contribution < -0.4 is 15.0 Å². The number of carbonyl (C=O) groups excluding carboxylic acids is 2. The van der Waals surface area contributed by atoms with Crippen molar-refractivity contribution in [2.45, 2.75) is 26.2 Å². The maximum Gasteiger partial charge on any atom is 0.255 e. The minimum atomic E-state index is -0.160. The summed E-state index contributed by atoms with van der Waals surface area (Å²) in [6, 6.07) is 11.0. The second kappa shape index (κ2) is 6.24. The van der Waals surface area contributed by atoms with Crippen LogP contribution >= 0.6 is 0 Å². The van der Waals surface area contributed by atoms with Gasteiger partial charge in [-0.25, -0.2) is 0 Å². The van der Waals surface area contributed by atoms with Crippen LogP contribution in [0.25, 0.3) is 0 Å². The third kappa shape index (κ3) is 2.86. The molecule has 2 aliphatic heterocycles. The van der Waals surface area contributed by atoms with Gasteiger partial charge in [-0.1, -0.05) is 0 Å². The summed E-state index contributed by atoms with van der Waals surface area (Å²) in [6.45, 7) is 3.32. The van der Waals surface area contributed by atoms with Gasteiger partial charge in [0.25, 0.3) is 5.91 Å². The summed E-state index contributed by atoms with van der Waals surface area (Å²) in [4.78, 5) is 26.5. The molecule has 2 heterocycles. The summed E-state index contributed by atoms with van der Waals surface area (Å²) < 4.78 is 5.40. The molecule has 2 amide bonds. The predicted octanol–water partition coefficient (Wildman–Crippen LogP) is 3.17. The summed E-state index contributed by atoms with van der Waals surface area (Å²) in [5, 5.41) is 2.96. The first-order valence-corrected chi connectivity index (χ1v) is 8.66. The van der Waals surface area contributed by atoms with E-state index in [1.54, 1.807) is 24.3 Å². The number of anilines is 2. The van der Waals surface area contributed by atoms with Gasteiger partial charge in [0, 0.05) is 17.8 Å². The van der Waals surface area contributed by atoms with E-state index >= 15 is 0 Å².